The fraction of sp³-hybridized carbons (Fsp3) is 0.345. The molecule has 4 rings (SSSR count). The summed E-state index contributed by atoms with van der Waals surface area (Å²) < 4.78 is 38.9. The summed E-state index contributed by atoms with van der Waals surface area (Å²) in [5.74, 6) is -0.131. The van der Waals surface area contributed by atoms with Crippen LogP contribution in [-0.4, -0.2) is 13.0 Å². The van der Waals surface area contributed by atoms with Crippen molar-refractivity contribution in [3.05, 3.63) is 106 Å². The van der Waals surface area contributed by atoms with Crippen LogP contribution in [0, 0.1) is 0 Å². The second-order valence-electron chi connectivity index (χ2n) is 9.15. The fourth-order valence-electron chi connectivity index (χ4n) is 4.80. The van der Waals surface area contributed by atoms with Gasteiger partial charge in [0.2, 0.25) is 5.91 Å². The molecule has 3 aromatic carbocycles. The van der Waals surface area contributed by atoms with Crippen molar-refractivity contribution in [3.8, 4) is 0 Å². The van der Waals surface area contributed by atoms with Crippen molar-refractivity contribution in [2.75, 3.05) is 7.05 Å². The highest BCUT2D eigenvalue weighted by Gasteiger charge is 2.30. The Morgan fingerprint density at radius 3 is 2.23 bits per heavy atom. The van der Waals surface area contributed by atoms with Crippen LogP contribution >= 0.6 is 0 Å². The second-order valence-corrected chi connectivity index (χ2v) is 9.15. The monoisotopic (exact) mass is 480 g/mol. The van der Waals surface area contributed by atoms with Gasteiger partial charge in [-0.1, -0.05) is 60.7 Å². The number of amides is 1. The van der Waals surface area contributed by atoms with Gasteiger partial charge in [-0.05, 0) is 78.5 Å². The summed E-state index contributed by atoms with van der Waals surface area (Å²) in [7, 11) is 1.62. The number of halogens is 3. The van der Waals surface area contributed by atoms with Crippen LogP contribution in [0.2, 0.25) is 0 Å². The van der Waals surface area contributed by atoms with Crippen molar-refractivity contribution in [1.82, 2.24) is 10.6 Å². The SMILES string of the molecule is CNC(=O)C(N[C@@H](CCc1ccc(C(F)(F)F)cc1)c1ccc2c(c1)CCCC2)c1ccccc1. The van der Waals surface area contributed by atoms with Gasteiger partial charge >= 0.3 is 6.18 Å². The van der Waals surface area contributed by atoms with Crippen molar-refractivity contribution in [3.63, 3.8) is 0 Å². The first-order valence-corrected chi connectivity index (χ1v) is 12.2. The number of hydrogen-bond acceptors (Lipinski definition) is 2. The second kappa shape index (κ2) is 11.1. The third kappa shape index (κ3) is 6.31. The fourth-order valence-corrected chi connectivity index (χ4v) is 4.80. The Balaban J connectivity index is 1.60. The van der Waals surface area contributed by atoms with Crippen LogP contribution in [-0.2, 0) is 30.2 Å². The van der Waals surface area contributed by atoms with Crippen molar-refractivity contribution in [2.24, 2.45) is 0 Å². The maximum atomic E-state index is 13.0. The predicted molar refractivity (Wildman–Crippen MR) is 132 cm³/mol. The molecule has 0 spiro atoms. The predicted octanol–water partition coefficient (Wildman–Crippen LogP) is 6.34. The van der Waals surface area contributed by atoms with Gasteiger partial charge in [0.15, 0.2) is 0 Å². The lowest BCUT2D eigenvalue weighted by Crippen LogP contribution is -2.38. The molecule has 184 valence electrons. The molecule has 35 heavy (non-hydrogen) atoms. The van der Waals surface area contributed by atoms with Gasteiger partial charge in [0.05, 0.1) is 5.56 Å². The number of carbonyl (C=O) groups is 1. The van der Waals surface area contributed by atoms with Crippen LogP contribution < -0.4 is 10.6 Å². The molecular weight excluding hydrogens is 449 g/mol. The smallest absolute Gasteiger partial charge is 0.358 e. The van der Waals surface area contributed by atoms with E-state index in [-0.39, 0.29) is 11.9 Å². The lowest BCUT2D eigenvalue weighted by Gasteiger charge is -2.27. The standard InChI is InChI=1S/C29H31F3N2O/c1-33-28(35)27(22-8-3-2-4-9-22)34-26(24-15-14-21-7-5-6-10-23(21)19-24)18-13-20-11-16-25(17-12-20)29(30,31)32/h2-4,8-9,11-12,14-17,19,26-27,34H,5-7,10,13,18H2,1H3,(H,33,35)/t26-,27?/m0/s1. The third-order valence-corrected chi connectivity index (χ3v) is 6.79. The molecule has 0 aromatic heterocycles. The number of aryl methyl sites for hydroxylation is 3. The summed E-state index contributed by atoms with van der Waals surface area (Å²) in [5, 5.41) is 6.31. The zero-order chi connectivity index (χ0) is 24.8. The van der Waals surface area contributed by atoms with E-state index in [4.69, 9.17) is 0 Å². The van der Waals surface area contributed by atoms with Gasteiger partial charge in [-0.15, -0.1) is 0 Å². The number of hydrogen-bond donors (Lipinski definition) is 2. The molecule has 0 heterocycles. The first-order chi connectivity index (χ1) is 16.8. The number of benzene rings is 3. The molecule has 2 atom stereocenters. The average Bonchev–Trinajstić information content (AvgIpc) is 2.88. The van der Waals surface area contributed by atoms with Crippen LogP contribution in [0.5, 0.6) is 0 Å². The number of carbonyl (C=O) groups excluding carboxylic acids is 1. The first-order valence-electron chi connectivity index (χ1n) is 12.2. The summed E-state index contributed by atoms with van der Waals surface area (Å²) in [4.78, 5) is 12.8. The van der Waals surface area contributed by atoms with Crippen molar-refractivity contribution in [1.29, 1.82) is 0 Å². The number of fused-ring (bicyclic) bond motifs is 1. The van der Waals surface area contributed by atoms with E-state index in [0.717, 1.165) is 41.7 Å². The van der Waals surface area contributed by atoms with Crippen LogP contribution in [0.3, 0.4) is 0 Å². The number of rotatable bonds is 8. The van der Waals surface area contributed by atoms with Crippen molar-refractivity contribution in [2.45, 2.75) is 56.8 Å². The summed E-state index contributed by atoms with van der Waals surface area (Å²) in [6.45, 7) is 0. The van der Waals surface area contributed by atoms with Gasteiger partial charge < -0.3 is 5.32 Å². The Kier molecular flexibility index (Phi) is 7.91. The number of likely N-dealkylation sites (N-methyl/N-ethyl adjacent to an activating group) is 1. The van der Waals surface area contributed by atoms with E-state index in [1.807, 2.05) is 30.3 Å². The van der Waals surface area contributed by atoms with Crippen LogP contribution in [0.1, 0.15) is 64.7 Å². The number of nitrogens with one attached hydrogen (secondary N) is 2. The van der Waals surface area contributed by atoms with Gasteiger partial charge in [0.1, 0.15) is 6.04 Å². The van der Waals surface area contributed by atoms with E-state index in [1.165, 1.54) is 24.0 Å². The third-order valence-electron chi connectivity index (χ3n) is 6.79. The van der Waals surface area contributed by atoms with E-state index >= 15 is 0 Å². The molecule has 3 aromatic rings. The number of alkyl halides is 3. The molecule has 3 nitrogen and oxygen atoms in total. The van der Waals surface area contributed by atoms with Gasteiger partial charge in [-0.2, -0.15) is 13.2 Å². The quantitative estimate of drug-likeness (QED) is 0.395. The van der Waals surface area contributed by atoms with Gasteiger partial charge in [0, 0.05) is 13.1 Å². The minimum atomic E-state index is -4.35. The molecular formula is C29H31F3N2O. The van der Waals surface area contributed by atoms with Crippen LogP contribution in [0.15, 0.2) is 72.8 Å². The molecule has 0 radical (unpaired) electrons. The van der Waals surface area contributed by atoms with E-state index in [1.54, 1.807) is 19.2 Å². The maximum Gasteiger partial charge on any atom is 0.416 e. The van der Waals surface area contributed by atoms with Gasteiger partial charge in [0.25, 0.3) is 0 Å². The van der Waals surface area contributed by atoms with E-state index in [9.17, 15) is 18.0 Å². The Hall–Kier alpha value is -3.12. The summed E-state index contributed by atoms with van der Waals surface area (Å²) in [5.41, 5.74) is 4.89. The molecule has 0 saturated heterocycles. The molecule has 0 saturated carbocycles. The minimum absolute atomic E-state index is 0.131. The highest BCUT2D eigenvalue weighted by molar-refractivity contribution is 5.83. The lowest BCUT2D eigenvalue weighted by atomic mass is 9.87. The van der Waals surface area contributed by atoms with Crippen molar-refractivity contribution < 1.29 is 18.0 Å². The zero-order valence-electron chi connectivity index (χ0n) is 19.9. The van der Waals surface area contributed by atoms with E-state index in [0.29, 0.717) is 12.8 Å². The molecule has 1 aliphatic carbocycles. The minimum Gasteiger partial charge on any atom is -0.358 e. The Morgan fingerprint density at radius 1 is 0.886 bits per heavy atom. The molecule has 1 aliphatic rings. The Morgan fingerprint density at radius 2 is 1.57 bits per heavy atom. The largest absolute Gasteiger partial charge is 0.416 e. The molecule has 0 aliphatic heterocycles. The summed E-state index contributed by atoms with van der Waals surface area (Å²) >= 11 is 0. The van der Waals surface area contributed by atoms with E-state index < -0.39 is 17.8 Å². The average molecular weight is 481 g/mol. The Labute approximate surface area is 204 Å². The molecule has 0 fully saturated rings. The zero-order valence-corrected chi connectivity index (χ0v) is 19.9. The van der Waals surface area contributed by atoms with Crippen molar-refractivity contribution >= 4 is 5.91 Å². The summed E-state index contributed by atoms with van der Waals surface area (Å²) in [6, 6.07) is 20.8. The van der Waals surface area contributed by atoms with Crippen LogP contribution in [0.25, 0.3) is 0 Å². The highest BCUT2D eigenvalue weighted by atomic mass is 19.4. The lowest BCUT2D eigenvalue weighted by molar-refractivity contribution is -0.137. The Bertz CT molecular complexity index is 1130. The highest BCUT2D eigenvalue weighted by Crippen LogP contribution is 2.31. The molecule has 1 unspecified atom stereocenters. The summed E-state index contributed by atoms with van der Waals surface area (Å²) in [6.07, 6.45) is 1.39. The molecule has 6 heteroatoms. The normalized spacial score (nSPS) is 15.2. The first kappa shape index (κ1) is 25.0. The molecule has 0 bridgehead atoms. The van der Waals surface area contributed by atoms with Crippen LogP contribution in [0.4, 0.5) is 13.2 Å². The topological polar surface area (TPSA) is 41.1 Å². The van der Waals surface area contributed by atoms with E-state index in [2.05, 4.69) is 28.8 Å². The molecule has 2 N–H and O–H groups in total. The van der Waals surface area contributed by atoms with Gasteiger partial charge in [-0.3, -0.25) is 10.1 Å². The maximum absolute atomic E-state index is 13.0. The van der Waals surface area contributed by atoms with Gasteiger partial charge in [-0.25, -0.2) is 0 Å². The molecule has 1 amide bonds.